The highest BCUT2D eigenvalue weighted by Crippen LogP contribution is 2.35. The molecule has 2 aliphatic heterocycles. The molecule has 116 valence electrons. The Bertz CT molecular complexity index is 833. The third-order valence-corrected chi connectivity index (χ3v) is 4.72. The summed E-state index contributed by atoms with van der Waals surface area (Å²) < 4.78 is 16.2. The van der Waals surface area contributed by atoms with Crippen molar-refractivity contribution in [2.45, 2.75) is 38.4 Å². The lowest BCUT2D eigenvalue weighted by atomic mass is 10.1. The molecule has 0 spiro atoms. The zero-order chi connectivity index (χ0) is 16.0. The van der Waals surface area contributed by atoms with Crippen molar-refractivity contribution in [3.8, 4) is 12.3 Å². The van der Waals surface area contributed by atoms with E-state index in [-0.39, 0.29) is 24.3 Å². The van der Waals surface area contributed by atoms with Crippen LogP contribution in [0.2, 0.25) is 0 Å². The molecule has 0 fully saturated rings. The van der Waals surface area contributed by atoms with Crippen LogP contribution in [0.15, 0.2) is 24.4 Å². The van der Waals surface area contributed by atoms with Crippen LogP contribution in [0.5, 0.6) is 0 Å². The highest BCUT2D eigenvalue weighted by Gasteiger charge is 2.36. The number of amides is 1. The molecule has 1 aromatic heterocycles. The molecular weight excluding hydrogens is 293 g/mol. The number of hydrogen-bond donors (Lipinski definition) is 0. The molecular formula is C18H16FN3O. The maximum Gasteiger partial charge on any atom is 0.255 e. The van der Waals surface area contributed by atoms with Gasteiger partial charge in [-0.05, 0) is 18.6 Å². The number of aromatic nitrogens is 2. The minimum absolute atomic E-state index is 0.159. The Labute approximate surface area is 133 Å². The van der Waals surface area contributed by atoms with Crippen LogP contribution >= 0.6 is 0 Å². The Kier molecular flexibility index (Phi) is 3.19. The minimum atomic E-state index is -0.337. The number of aryl methyl sites for hydroxylation is 1. The van der Waals surface area contributed by atoms with E-state index in [4.69, 9.17) is 6.42 Å². The molecule has 0 saturated carbocycles. The predicted molar refractivity (Wildman–Crippen MR) is 83.0 cm³/mol. The van der Waals surface area contributed by atoms with Crippen LogP contribution in [0.1, 0.15) is 46.3 Å². The molecule has 0 aliphatic carbocycles. The van der Waals surface area contributed by atoms with Crippen LogP contribution in [-0.4, -0.2) is 20.4 Å². The van der Waals surface area contributed by atoms with Crippen molar-refractivity contribution in [2.24, 2.45) is 0 Å². The number of halogens is 1. The molecule has 1 atom stereocenters. The van der Waals surface area contributed by atoms with Crippen molar-refractivity contribution in [1.29, 1.82) is 0 Å². The summed E-state index contributed by atoms with van der Waals surface area (Å²) in [6.07, 6.45) is 9.75. The Morgan fingerprint density at radius 1 is 1.43 bits per heavy atom. The van der Waals surface area contributed by atoms with E-state index in [9.17, 15) is 9.18 Å². The number of rotatable bonds is 3. The van der Waals surface area contributed by atoms with E-state index in [2.05, 4.69) is 15.5 Å². The second-order valence-electron chi connectivity index (χ2n) is 5.98. The van der Waals surface area contributed by atoms with E-state index in [1.807, 2.05) is 6.20 Å². The van der Waals surface area contributed by atoms with Gasteiger partial charge < -0.3 is 9.47 Å². The summed E-state index contributed by atoms with van der Waals surface area (Å²) in [6, 6.07) is 4.37. The number of fused-ring (bicyclic) bond motifs is 2. The van der Waals surface area contributed by atoms with Gasteiger partial charge in [0, 0.05) is 30.5 Å². The maximum atomic E-state index is 14.0. The zero-order valence-electron chi connectivity index (χ0n) is 12.6. The summed E-state index contributed by atoms with van der Waals surface area (Å²) in [6.45, 7) is 1.16. The predicted octanol–water partition coefficient (Wildman–Crippen LogP) is 2.69. The lowest BCUT2D eigenvalue weighted by Gasteiger charge is -2.27. The molecule has 1 amide bonds. The molecule has 1 aromatic carbocycles. The highest BCUT2D eigenvalue weighted by atomic mass is 19.1. The van der Waals surface area contributed by atoms with Crippen LogP contribution in [0.4, 0.5) is 4.39 Å². The van der Waals surface area contributed by atoms with Gasteiger partial charge >= 0.3 is 0 Å². The molecule has 0 radical (unpaired) electrons. The van der Waals surface area contributed by atoms with Crippen molar-refractivity contribution in [2.75, 3.05) is 0 Å². The third kappa shape index (κ3) is 2.06. The fourth-order valence-electron chi connectivity index (χ4n) is 3.60. The van der Waals surface area contributed by atoms with E-state index in [1.54, 1.807) is 17.0 Å². The van der Waals surface area contributed by atoms with Crippen LogP contribution in [0.3, 0.4) is 0 Å². The first-order chi connectivity index (χ1) is 11.2. The fourth-order valence-corrected chi connectivity index (χ4v) is 3.60. The van der Waals surface area contributed by atoms with Gasteiger partial charge in [0.2, 0.25) is 0 Å². The van der Waals surface area contributed by atoms with Gasteiger partial charge in [0.15, 0.2) is 0 Å². The molecule has 5 heteroatoms. The van der Waals surface area contributed by atoms with Crippen LogP contribution < -0.4 is 0 Å². The zero-order valence-corrected chi connectivity index (χ0v) is 12.6. The van der Waals surface area contributed by atoms with Crippen LogP contribution in [0.25, 0.3) is 0 Å². The first kappa shape index (κ1) is 14.0. The molecule has 3 heterocycles. The van der Waals surface area contributed by atoms with E-state index >= 15 is 0 Å². The molecule has 23 heavy (non-hydrogen) atoms. The lowest BCUT2D eigenvalue weighted by molar-refractivity contribution is 0.0697. The first-order valence-corrected chi connectivity index (χ1v) is 7.77. The van der Waals surface area contributed by atoms with Gasteiger partial charge in [-0.25, -0.2) is 9.37 Å². The molecule has 0 bridgehead atoms. The van der Waals surface area contributed by atoms with Gasteiger partial charge in [0.05, 0.1) is 24.5 Å². The molecule has 0 N–H and O–H groups in total. The summed E-state index contributed by atoms with van der Waals surface area (Å²) in [5.74, 6) is 3.20. The van der Waals surface area contributed by atoms with Crippen LogP contribution in [-0.2, 0) is 19.5 Å². The van der Waals surface area contributed by atoms with E-state index in [0.29, 0.717) is 17.5 Å². The van der Waals surface area contributed by atoms with E-state index in [1.165, 1.54) is 6.07 Å². The Morgan fingerprint density at radius 3 is 3.09 bits per heavy atom. The van der Waals surface area contributed by atoms with Crippen molar-refractivity contribution in [3.63, 3.8) is 0 Å². The average molecular weight is 309 g/mol. The van der Waals surface area contributed by atoms with Crippen molar-refractivity contribution < 1.29 is 9.18 Å². The number of carbonyl (C=O) groups excluding carboxylic acids is 1. The van der Waals surface area contributed by atoms with Gasteiger partial charge in [-0.2, -0.15) is 0 Å². The standard InChI is InChI=1S/C18H16FN3O/c1-2-5-15(16-10-20-17-8-4-9-21(16)17)22-11-13-12(18(22)23)6-3-7-14(13)19/h1,3,6-7,10,15H,4-5,8-9,11H2. The molecule has 1 unspecified atom stereocenters. The Morgan fingerprint density at radius 2 is 2.30 bits per heavy atom. The third-order valence-electron chi connectivity index (χ3n) is 4.72. The molecule has 2 aliphatic rings. The Hall–Kier alpha value is -2.61. The second kappa shape index (κ2) is 5.24. The van der Waals surface area contributed by atoms with E-state index in [0.717, 1.165) is 30.9 Å². The molecule has 4 nitrogen and oxygen atoms in total. The van der Waals surface area contributed by atoms with Crippen molar-refractivity contribution >= 4 is 5.91 Å². The van der Waals surface area contributed by atoms with Gasteiger partial charge in [-0.15, -0.1) is 12.3 Å². The lowest BCUT2D eigenvalue weighted by Crippen LogP contribution is -2.30. The van der Waals surface area contributed by atoms with Crippen molar-refractivity contribution in [1.82, 2.24) is 14.5 Å². The molecule has 2 aromatic rings. The number of imidazole rings is 1. The summed E-state index contributed by atoms with van der Waals surface area (Å²) in [4.78, 5) is 18.8. The summed E-state index contributed by atoms with van der Waals surface area (Å²) in [5.41, 5.74) is 1.85. The smallest absolute Gasteiger partial charge is 0.255 e. The van der Waals surface area contributed by atoms with E-state index < -0.39 is 0 Å². The Balaban J connectivity index is 1.74. The van der Waals surface area contributed by atoms with Gasteiger partial charge in [0.25, 0.3) is 5.91 Å². The molecule has 0 saturated heterocycles. The topological polar surface area (TPSA) is 38.1 Å². The summed E-state index contributed by atoms with van der Waals surface area (Å²) >= 11 is 0. The van der Waals surface area contributed by atoms with Gasteiger partial charge in [0.1, 0.15) is 11.6 Å². The first-order valence-electron chi connectivity index (χ1n) is 7.77. The highest BCUT2D eigenvalue weighted by molar-refractivity contribution is 5.98. The van der Waals surface area contributed by atoms with Crippen LogP contribution in [0, 0.1) is 18.2 Å². The quantitative estimate of drug-likeness (QED) is 0.818. The van der Waals surface area contributed by atoms with Gasteiger partial charge in [-0.1, -0.05) is 6.07 Å². The monoisotopic (exact) mass is 309 g/mol. The largest absolute Gasteiger partial charge is 0.330 e. The average Bonchev–Trinajstić information content (AvgIpc) is 3.21. The van der Waals surface area contributed by atoms with Crippen molar-refractivity contribution in [3.05, 3.63) is 52.9 Å². The van der Waals surface area contributed by atoms with Gasteiger partial charge in [-0.3, -0.25) is 4.79 Å². The molecule has 4 rings (SSSR count). The SMILES string of the molecule is C#CCC(c1cnc2n1CCC2)N1Cc2c(F)cccc2C1=O. The number of carbonyl (C=O) groups is 1. The minimum Gasteiger partial charge on any atom is -0.330 e. The summed E-state index contributed by atoms with van der Waals surface area (Å²) in [7, 11) is 0. The number of nitrogens with zero attached hydrogens (tertiary/aromatic N) is 3. The second-order valence-corrected chi connectivity index (χ2v) is 5.98. The number of benzene rings is 1. The summed E-state index contributed by atoms with van der Waals surface area (Å²) in [5, 5.41) is 0. The number of terminal acetylenes is 1. The fraction of sp³-hybridized carbons (Fsp3) is 0.333. The normalized spacial score (nSPS) is 17.0. The number of hydrogen-bond acceptors (Lipinski definition) is 2. The maximum absolute atomic E-state index is 14.0.